The molecule has 4 nitrogen and oxygen atoms in total. The van der Waals surface area contributed by atoms with Gasteiger partial charge in [0, 0.05) is 0 Å². The van der Waals surface area contributed by atoms with Crippen LogP contribution in [0.4, 0.5) is 0 Å². The smallest absolute Gasteiger partial charge is 0.353 e. The van der Waals surface area contributed by atoms with Gasteiger partial charge in [-0.05, 0) is 47.7 Å². The minimum Gasteiger partial charge on any atom is -0.422 e. The summed E-state index contributed by atoms with van der Waals surface area (Å²) in [5.41, 5.74) is 3.05. The topological polar surface area (TPSA) is 46.6 Å². The summed E-state index contributed by atoms with van der Waals surface area (Å²) in [6, 6.07) is 18.6. The van der Waals surface area contributed by atoms with E-state index in [1.165, 1.54) is 28.7 Å². The van der Waals surface area contributed by atoms with Crippen molar-refractivity contribution in [2.45, 2.75) is 13.5 Å². The second-order valence-electron chi connectivity index (χ2n) is 6.69. The number of thiocarbonyl (C=S) groups is 1. The van der Waals surface area contributed by atoms with Crippen LogP contribution in [0.15, 0.2) is 70.9 Å². The van der Waals surface area contributed by atoms with E-state index in [-0.39, 0.29) is 11.9 Å². The molecule has 30 heavy (non-hydrogen) atoms. The van der Waals surface area contributed by atoms with Gasteiger partial charge in [0.05, 0.1) is 11.4 Å². The molecule has 3 aromatic rings. The molecular formula is C23H17NO3S3. The van der Waals surface area contributed by atoms with Gasteiger partial charge in [-0.15, -0.1) is 11.3 Å². The van der Waals surface area contributed by atoms with Crippen LogP contribution in [0.25, 0.3) is 6.08 Å². The van der Waals surface area contributed by atoms with E-state index >= 15 is 0 Å². The van der Waals surface area contributed by atoms with E-state index in [2.05, 4.69) is 0 Å². The van der Waals surface area contributed by atoms with Crippen molar-refractivity contribution in [3.63, 3.8) is 0 Å². The predicted octanol–water partition coefficient (Wildman–Crippen LogP) is 5.68. The maximum absolute atomic E-state index is 12.8. The number of carbonyl (C=O) groups is 2. The number of amides is 1. The van der Waals surface area contributed by atoms with Gasteiger partial charge in [0.1, 0.15) is 14.9 Å². The zero-order chi connectivity index (χ0) is 21.1. The number of hydrogen-bond acceptors (Lipinski definition) is 6. The third-order valence-corrected chi connectivity index (χ3v) is 6.67. The molecule has 150 valence electrons. The molecule has 1 aromatic heterocycles. The van der Waals surface area contributed by atoms with Gasteiger partial charge in [-0.1, -0.05) is 72.0 Å². The number of nitrogens with zero attached hydrogens (tertiary/aromatic N) is 1. The highest BCUT2D eigenvalue weighted by Crippen LogP contribution is 2.34. The van der Waals surface area contributed by atoms with Gasteiger partial charge in [0.2, 0.25) is 0 Å². The molecule has 1 fully saturated rings. The molecule has 7 heteroatoms. The highest BCUT2D eigenvalue weighted by atomic mass is 32.2. The van der Waals surface area contributed by atoms with Crippen molar-refractivity contribution in [3.05, 3.63) is 92.5 Å². The lowest BCUT2D eigenvalue weighted by Gasteiger charge is -2.14. The van der Waals surface area contributed by atoms with Crippen molar-refractivity contribution in [1.29, 1.82) is 0 Å². The first-order valence-corrected chi connectivity index (χ1v) is 11.3. The second kappa shape index (κ2) is 8.95. The van der Waals surface area contributed by atoms with Crippen LogP contribution in [0.5, 0.6) is 5.75 Å². The number of esters is 1. The van der Waals surface area contributed by atoms with Crippen LogP contribution in [0.2, 0.25) is 0 Å². The number of carbonyl (C=O) groups excluding carboxylic acids is 2. The minimum absolute atomic E-state index is 0.0984. The maximum Gasteiger partial charge on any atom is 0.353 e. The molecule has 0 unspecified atom stereocenters. The third-order valence-electron chi connectivity index (χ3n) is 4.45. The average Bonchev–Trinajstić information content (AvgIpc) is 3.36. The van der Waals surface area contributed by atoms with Gasteiger partial charge in [-0.3, -0.25) is 9.69 Å². The second-order valence-corrected chi connectivity index (χ2v) is 9.31. The zero-order valence-corrected chi connectivity index (χ0v) is 18.5. The fourth-order valence-corrected chi connectivity index (χ4v) is 4.70. The first-order chi connectivity index (χ1) is 14.5. The van der Waals surface area contributed by atoms with E-state index in [0.717, 1.165) is 11.1 Å². The first-order valence-electron chi connectivity index (χ1n) is 9.16. The number of aryl methyl sites for hydroxylation is 1. The van der Waals surface area contributed by atoms with Crippen molar-refractivity contribution in [2.24, 2.45) is 0 Å². The van der Waals surface area contributed by atoms with E-state index < -0.39 is 0 Å². The number of thiophene rings is 1. The molecule has 0 radical (unpaired) electrons. The number of benzene rings is 2. The van der Waals surface area contributed by atoms with Gasteiger partial charge >= 0.3 is 5.97 Å². The largest absolute Gasteiger partial charge is 0.422 e. The Balaban J connectivity index is 1.44. The Kier molecular flexibility index (Phi) is 6.13. The summed E-state index contributed by atoms with van der Waals surface area (Å²) in [7, 11) is 0. The molecule has 1 saturated heterocycles. The predicted molar refractivity (Wildman–Crippen MR) is 126 cm³/mol. The van der Waals surface area contributed by atoms with Crippen LogP contribution in [-0.2, 0) is 11.3 Å². The lowest BCUT2D eigenvalue weighted by atomic mass is 10.1. The molecule has 1 aliphatic rings. The Morgan fingerprint density at radius 1 is 1.10 bits per heavy atom. The highest BCUT2D eigenvalue weighted by Gasteiger charge is 2.31. The molecule has 1 aliphatic heterocycles. The standard InChI is InChI=1S/C23H17NO3S3/c1-15-4-6-17(7-5-15)14-24-21(25)20(30-23(24)28)13-16-8-10-18(11-9-16)27-22(26)19-3-2-12-29-19/h2-13H,14H2,1H3. The lowest BCUT2D eigenvalue weighted by Crippen LogP contribution is -2.27. The molecule has 2 aromatic carbocycles. The van der Waals surface area contributed by atoms with Crippen molar-refractivity contribution in [1.82, 2.24) is 4.90 Å². The van der Waals surface area contributed by atoms with Crippen LogP contribution in [-0.4, -0.2) is 21.1 Å². The number of rotatable bonds is 5. The van der Waals surface area contributed by atoms with Crippen LogP contribution >= 0.6 is 35.3 Å². The minimum atomic E-state index is -0.380. The average molecular weight is 452 g/mol. The zero-order valence-electron chi connectivity index (χ0n) is 16.0. The molecule has 4 rings (SSSR count). The monoisotopic (exact) mass is 451 g/mol. The molecular weight excluding hydrogens is 434 g/mol. The van der Waals surface area contributed by atoms with E-state index in [9.17, 15) is 9.59 Å². The fraction of sp³-hybridized carbons (Fsp3) is 0.0870. The van der Waals surface area contributed by atoms with E-state index in [4.69, 9.17) is 17.0 Å². The van der Waals surface area contributed by atoms with Gasteiger partial charge < -0.3 is 4.74 Å². The Morgan fingerprint density at radius 2 is 1.83 bits per heavy atom. The summed E-state index contributed by atoms with van der Waals surface area (Å²) in [6.45, 7) is 2.49. The Bertz CT molecular complexity index is 1120. The Hall–Kier alpha value is -2.74. The molecule has 0 bridgehead atoms. The quantitative estimate of drug-likeness (QED) is 0.216. The maximum atomic E-state index is 12.8. The van der Waals surface area contributed by atoms with Gasteiger partial charge in [-0.2, -0.15) is 0 Å². The summed E-state index contributed by atoms with van der Waals surface area (Å²) < 4.78 is 5.91. The molecule has 1 amide bonds. The summed E-state index contributed by atoms with van der Waals surface area (Å²) in [5, 5.41) is 1.83. The number of hydrogen-bond donors (Lipinski definition) is 0. The first kappa shape index (κ1) is 20.5. The van der Waals surface area contributed by atoms with E-state index in [1.54, 1.807) is 35.2 Å². The summed E-state index contributed by atoms with van der Waals surface area (Å²) in [5.74, 6) is -0.0222. The SMILES string of the molecule is Cc1ccc(CN2C(=O)C(=Cc3ccc(OC(=O)c4cccs4)cc3)SC2=S)cc1. The van der Waals surface area contributed by atoms with Crippen LogP contribution < -0.4 is 4.74 Å². The summed E-state index contributed by atoms with van der Waals surface area (Å²) in [6.07, 6.45) is 1.80. The van der Waals surface area contributed by atoms with E-state index in [1.807, 2.05) is 48.7 Å². The Labute approximate surface area is 188 Å². The van der Waals surface area contributed by atoms with Crippen molar-refractivity contribution in [2.75, 3.05) is 0 Å². The lowest BCUT2D eigenvalue weighted by molar-refractivity contribution is -0.122. The van der Waals surface area contributed by atoms with Crippen LogP contribution in [0.3, 0.4) is 0 Å². The van der Waals surface area contributed by atoms with Gasteiger partial charge in [0.15, 0.2) is 0 Å². The van der Waals surface area contributed by atoms with Crippen molar-refractivity contribution >= 4 is 57.6 Å². The third kappa shape index (κ3) is 4.70. The highest BCUT2D eigenvalue weighted by molar-refractivity contribution is 8.26. The van der Waals surface area contributed by atoms with Crippen LogP contribution in [0.1, 0.15) is 26.4 Å². The molecule has 0 aliphatic carbocycles. The number of thioether (sulfide) groups is 1. The fourth-order valence-electron chi connectivity index (χ4n) is 2.85. The van der Waals surface area contributed by atoms with E-state index in [0.29, 0.717) is 26.4 Å². The van der Waals surface area contributed by atoms with Crippen molar-refractivity contribution in [3.8, 4) is 5.75 Å². The normalized spacial score (nSPS) is 15.1. The summed E-state index contributed by atoms with van der Waals surface area (Å²) in [4.78, 5) is 27.6. The van der Waals surface area contributed by atoms with Gasteiger partial charge in [0.25, 0.3) is 5.91 Å². The van der Waals surface area contributed by atoms with Crippen molar-refractivity contribution < 1.29 is 14.3 Å². The molecule has 0 spiro atoms. The molecule has 0 saturated carbocycles. The Morgan fingerprint density at radius 3 is 2.50 bits per heavy atom. The molecule has 0 atom stereocenters. The summed E-state index contributed by atoms with van der Waals surface area (Å²) >= 11 is 8.05. The van der Waals surface area contributed by atoms with Gasteiger partial charge in [-0.25, -0.2) is 4.79 Å². The number of ether oxygens (including phenoxy) is 1. The molecule has 0 N–H and O–H groups in total. The van der Waals surface area contributed by atoms with Crippen LogP contribution in [0, 0.1) is 6.92 Å². The molecule has 2 heterocycles.